The van der Waals surface area contributed by atoms with E-state index in [0.717, 1.165) is 22.8 Å². The molecule has 2 aromatic heterocycles. The topological polar surface area (TPSA) is 94.3 Å². The number of amides is 1. The maximum absolute atomic E-state index is 12.6. The largest absolute Gasteiger partial charge is 0.494 e. The van der Waals surface area contributed by atoms with Gasteiger partial charge in [-0.1, -0.05) is 12.1 Å². The highest BCUT2D eigenvalue weighted by Crippen LogP contribution is 2.28. The molecule has 0 aliphatic carbocycles. The molecule has 0 aliphatic rings. The Labute approximate surface area is 160 Å². The Kier molecular flexibility index (Phi) is 5.66. The summed E-state index contributed by atoms with van der Waals surface area (Å²) in [6.45, 7) is 5.69. The van der Waals surface area contributed by atoms with Crippen LogP contribution < -0.4 is 10.1 Å². The summed E-state index contributed by atoms with van der Waals surface area (Å²) in [4.78, 5) is 27.8. The second kappa shape index (κ2) is 8.13. The first kappa shape index (κ1) is 18.8. The molecule has 2 heterocycles. The van der Waals surface area contributed by atoms with Gasteiger partial charge in [0.25, 0.3) is 5.91 Å². The van der Waals surface area contributed by atoms with Gasteiger partial charge in [-0.3, -0.25) is 14.9 Å². The number of nitrogens with zero attached hydrogens (tertiary/aromatic N) is 2. The van der Waals surface area contributed by atoms with Gasteiger partial charge in [-0.25, -0.2) is 4.98 Å². The zero-order valence-corrected chi connectivity index (χ0v) is 16.1. The Morgan fingerprint density at radius 3 is 2.85 bits per heavy atom. The van der Waals surface area contributed by atoms with E-state index in [4.69, 9.17) is 9.15 Å². The van der Waals surface area contributed by atoms with Crippen molar-refractivity contribution in [1.29, 1.82) is 0 Å². The lowest BCUT2D eigenvalue weighted by molar-refractivity contribution is -0.116. The van der Waals surface area contributed by atoms with Gasteiger partial charge in [0.05, 0.1) is 18.6 Å². The first-order chi connectivity index (χ1) is 13.0. The van der Waals surface area contributed by atoms with Crippen LogP contribution in [0.5, 0.6) is 5.75 Å². The number of furan rings is 1. The standard InChI is InChI=1S/C19H19N3O4S/c1-4-25-14-7-5-6-13(9-14)16-10-15(12(3)26-16)18(24)21-19-20-17(22-27-19)8-11(2)23/h5-7,9-10H,4,8H2,1-3H3,(H,20,21,22,24). The molecule has 0 bridgehead atoms. The average Bonchev–Trinajstić information content (AvgIpc) is 3.21. The number of carbonyl (C=O) groups is 2. The van der Waals surface area contributed by atoms with E-state index < -0.39 is 0 Å². The van der Waals surface area contributed by atoms with Gasteiger partial charge in [-0.05, 0) is 39.0 Å². The monoisotopic (exact) mass is 385 g/mol. The third-order valence-corrected chi connectivity index (χ3v) is 4.36. The number of rotatable bonds is 7. The Bertz CT molecular complexity index is 977. The van der Waals surface area contributed by atoms with Crippen LogP contribution in [0.4, 0.5) is 5.13 Å². The molecule has 3 rings (SSSR count). The predicted octanol–water partition coefficient (Wildman–Crippen LogP) is 3.89. The van der Waals surface area contributed by atoms with Gasteiger partial charge >= 0.3 is 0 Å². The molecule has 1 amide bonds. The molecule has 27 heavy (non-hydrogen) atoms. The van der Waals surface area contributed by atoms with Gasteiger partial charge in [-0.15, -0.1) is 0 Å². The predicted molar refractivity (Wildman–Crippen MR) is 102 cm³/mol. The summed E-state index contributed by atoms with van der Waals surface area (Å²) < 4.78 is 15.3. The highest BCUT2D eigenvalue weighted by atomic mass is 32.1. The van der Waals surface area contributed by atoms with Gasteiger partial charge in [0.2, 0.25) is 5.13 Å². The van der Waals surface area contributed by atoms with Crippen molar-refractivity contribution >= 4 is 28.4 Å². The molecule has 0 saturated carbocycles. The molecule has 140 valence electrons. The van der Waals surface area contributed by atoms with Crippen LogP contribution in [-0.4, -0.2) is 27.7 Å². The number of nitrogens with one attached hydrogen (secondary N) is 1. The molecular formula is C19H19N3O4S. The lowest BCUT2D eigenvalue weighted by atomic mass is 10.1. The van der Waals surface area contributed by atoms with Crippen LogP contribution in [0.3, 0.4) is 0 Å². The van der Waals surface area contributed by atoms with Crippen LogP contribution in [0.25, 0.3) is 11.3 Å². The van der Waals surface area contributed by atoms with Crippen molar-refractivity contribution in [1.82, 2.24) is 9.36 Å². The number of ether oxygens (including phenoxy) is 1. The van der Waals surface area contributed by atoms with Crippen molar-refractivity contribution in [2.75, 3.05) is 11.9 Å². The quantitative estimate of drug-likeness (QED) is 0.663. The zero-order valence-electron chi connectivity index (χ0n) is 15.2. The van der Waals surface area contributed by atoms with Crippen molar-refractivity contribution < 1.29 is 18.7 Å². The van der Waals surface area contributed by atoms with Crippen molar-refractivity contribution in [2.45, 2.75) is 27.2 Å². The van der Waals surface area contributed by atoms with Crippen LogP contribution in [0.1, 0.15) is 35.8 Å². The second-order valence-corrected chi connectivity index (χ2v) is 6.64. The first-order valence-corrected chi connectivity index (χ1v) is 9.20. The summed E-state index contributed by atoms with van der Waals surface area (Å²) in [6.07, 6.45) is 0.150. The highest BCUT2D eigenvalue weighted by molar-refractivity contribution is 7.09. The van der Waals surface area contributed by atoms with Gasteiger partial charge in [0.15, 0.2) is 5.82 Å². The van der Waals surface area contributed by atoms with Crippen molar-refractivity contribution in [2.24, 2.45) is 0 Å². The second-order valence-electron chi connectivity index (χ2n) is 5.89. The molecule has 0 spiro atoms. The van der Waals surface area contributed by atoms with Gasteiger partial charge in [0.1, 0.15) is 23.1 Å². The summed E-state index contributed by atoms with van der Waals surface area (Å²) in [5.41, 5.74) is 1.23. The Balaban J connectivity index is 1.77. The van der Waals surface area contributed by atoms with E-state index >= 15 is 0 Å². The average molecular weight is 385 g/mol. The van der Waals surface area contributed by atoms with Crippen LogP contribution in [0, 0.1) is 6.92 Å². The van der Waals surface area contributed by atoms with Crippen LogP contribution in [-0.2, 0) is 11.2 Å². The number of hydrogen-bond acceptors (Lipinski definition) is 7. The highest BCUT2D eigenvalue weighted by Gasteiger charge is 2.18. The normalized spacial score (nSPS) is 10.6. The van der Waals surface area contributed by atoms with E-state index in [9.17, 15) is 9.59 Å². The number of benzene rings is 1. The minimum Gasteiger partial charge on any atom is -0.494 e. The van der Waals surface area contributed by atoms with Crippen LogP contribution >= 0.6 is 11.5 Å². The van der Waals surface area contributed by atoms with Crippen molar-refractivity contribution in [3.63, 3.8) is 0 Å². The maximum Gasteiger partial charge on any atom is 0.261 e. The summed E-state index contributed by atoms with van der Waals surface area (Å²) in [5.74, 6) is 1.85. The fourth-order valence-electron chi connectivity index (χ4n) is 2.52. The van der Waals surface area contributed by atoms with E-state index in [1.807, 2.05) is 31.2 Å². The van der Waals surface area contributed by atoms with Crippen LogP contribution in [0.15, 0.2) is 34.7 Å². The molecule has 0 fully saturated rings. The summed E-state index contributed by atoms with van der Waals surface area (Å²) in [5, 5.41) is 3.04. The molecule has 0 unspecified atom stereocenters. The molecule has 1 N–H and O–H groups in total. The molecule has 7 nitrogen and oxygen atoms in total. The molecule has 0 radical (unpaired) electrons. The smallest absolute Gasteiger partial charge is 0.261 e. The number of anilines is 1. The number of aryl methyl sites for hydroxylation is 1. The number of carbonyl (C=O) groups excluding carboxylic acids is 2. The van der Waals surface area contributed by atoms with E-state index in [1.54, 1.807) is 13.0 Å². The lowest BCUT2D eigenvalue weighted by Gasteiger charge is -2.03. The summed E-state index contributed by atoms with van der Waals surface area (Å²) in [7, 11) is 0. The van der Waals surface area contributed by atoms with Gasteiger partial charge in [-0.2, -0.15) is 4.37 Å². The minimum absolute atomic E-state index is 0.0321. The Morgan fingerprint density at radius 2 is 2.11 bits per heavy atom. The summed E-state index contributed by atoms with van der Waals surface area (Å²) >= 11 is 1.04. The Hall–Kier alpha value is -3.00. The number of aromatic nitrogens is 2. The molecule has 1 aromatic carbocycles. The summed E-state index contributed by atoms with van der Waals surface area (Å²) in [6, 6.07) is 9.18. The molecule has 3 aromatic rings. The fourth-order valence-corrected chi connectivity index (χ4v) is 3.10. The third kappa shape index (κ3) is 4.59. The molecule has 8 heteroatoms. The van der Waals surface area contributed by atoms with Crippen LogP contribution in [0.2, 0.25) is 0 Å². The fraction of sp³-hybridized carbons (Fsp3) is 0.263. The maximum atomic E-state index is 12.6. The molecular weight excluding hydrogens is 366 g/mol. The zero-order chi connectivity index (χ0) is 19.4. The van der Waals surface area contributed by atoms with E-state index in [-0.39, 0.29) is 18.1 Å². The van der Waals surface area contributed by atoms with Crippen molar-refractivity contribution in [3.05, 3.63) is 47.5 Å². The molecule has 0 aliphatic heterocycles. The van der Waals surface area contributed by atoms with E-state index in [2.05, 4.69) is 14.7 Å². The number of hydrogen-bond donors (Lipinski definition) is 1. The SMILES string of the molecule is CCOc1cccc(-c2cc(C(=O)Nc3nc(CC(C)=O)ns3)c(C)o2)c1. The minimum atomic E-state index is -0.339. The van der Waals surface area contributed by atoms with Crippen molar-refractivity contribution in [3.8, 4) is 17.1 Å². The number of ketones is 1. The first-order valence-electron chi connectivity index (χ1n) is 8.43. The van der Waals surface area contributed by atoms with Gasteiger partial charge in [0, 0.05) is 17.1 Å². The van der Waals surface area contributed by atoms with E-state index in [1.165, 1.54) is 6.92 Å². The lowest BCUT2D eigenvalue weighted by Crippen LogP contribution is -2.12. The van der Waals surface area contributed by atoms with E-state index in [0.29, 0.717) is 34.6 Å². The number of Topliss-reactive ketones (excluding diaryl/α,β-unsaturated/α-hetero) is 1. The molecule has 0 atom stereocenters. The molecule has 0 saturated heterocycles. The Morgan fingerprint density at radius 1 is 1.30 bits per heavy atom. The van der Waals surface area contributed by atoms with Gasteiger partial charge < -0.3 is 9.15 Å². The third-order valence-electron chi connectivity index (χ3n) is 3.69.